The summed E-state index contributed by atoms with van der Waals surface area (Å²) in [7, 11) is 1.58. The highest BCUT2D eigenvalue weighted by molar-refractivity contribution is 5.97. The van der Waals surface area contributed by atoms with Crippen molar-refractivity contribution in [3.05, 3.63) is 53.7 Å². The fraction of sp³-hybridized carbons (Fsp3) is 0.200. The maximum Gasteiger partial charge on any atom is 0.162 e. The van der Waals surface area contributed by atoms with E-state index in [1.165, 1.54) is 6.20 Å². The van der Waals surface area contributed by atoms with Crippen molar-refractivity contribution < 1.29 is 14.6 Å². The molecule has 0 aliphatic carbocycles. The lowest BCUT2D eigenvalue weighted by Gasteiger charge is -2.15. The van der Waals surface area contributed by atoms with Gasteiger partial charge in [-0.25, -0.2) is 0 Å². The van der Waals surface area contributed by atoms with Gasteiger partial charge < -0.3 is 19.9 Å². The highest BCUT2D eigenvalue weighted by Crippen LogP contribution is 2.37. The van der Waals surface area contributed by atoms with E-state index in [1.54, 1.807) is 13.2 Å². The largest absolute Gasteiger partial charge is 0.493 e. The number of benzene rings is 2. The fourth-order valence-electron chi connectivity index (χ4n) is 2.74. The smallest absolute Gasteiger partial charge is 0.162 e. The number of nitrogens with one attached hydrogen (secondary N) is 1. The molecule has 0 saturated carbocycles. The van der Waals surface area contributed by atoms with E-state index >= 15 is 0 Å². The highest BCUT2D eigenvalue weighted by atomic mass is 16.5. The predicted molar refractivity (Wildman–Crippen MR) is 99.8 cm³/mol. The molecule has 0 bridgehead atoms. The fourth-order valence-corrected chi connectivity index (χ4v) is 2.74. The molecule has 132 valence electrons. The topological polar surface area (TPSA) is 87.4 Å². The molecule has 1 aromatic heterocycles. The molecule has 26 heavy (non-hydrogen) atoms. The van der Waals surface area contributed by atoms with Crippen molar-refractivity contribution in [3.63, 3.8) is 0 Å². The molecule has 0 aliphatic heterocycles. The zero-order valence-corrected chi connectivity index (χ0v) is 14.6. The summed E-state index contributed by atoms with van der Waals surface area (Å²) in [6.45, 7) is 2.34. The molecule has 2 aromatic carbocycles. The standard InChI is InChI=1S/C20H19N3O3/c1-3-26-19-8-16-17(9-18(19)25-2)22-11-14(10-21)20(16)23-15-6-4-5-13(7-15)12-24/h4-9,11,24H,3,12H2,1-2H3,(H,22,23). The molecule has 0 saturated heterocycles. The lowest BCUT2D eigenvalue weighted by Crippen LogP contribution is -2.00. The number of nitriles is 1. The maximum atomic E-state index is 9.50. The molecule has 3 rings (SSSR count). The SMILES string of the molecule is CCOc1cc2c(Nc3cccc(CO)c3)c(C#N)cnc2cc1OC. The number of fused-ring (bicyclic) bond motifs is 1. The van der Waals surface area contributed by atoms with Crippen LogP contribution in [0.5, 0.6) is 11.5 Å². The minimum absolute atomic E-state index is 0.0522. The van der Waals surface area contributed by atoms with Crippen LogP contribution in [-0.2, 0) is 6.61 Å². The van der Waals surface area contributed by atoms with Gasteiger partial charge in [0.05, 0.1) is 37.1 Å². The summed E-state index contributed by atoms with van der Waals surface area (Å²) >= 11 is 0. The predicted octanol–water partition coefficient (Wildman–Crippen LogP) is 3.75. The van der Waals surface area contributed by atoms with E-state index in [-0.39, 0.29) is 6.61 Å². The Bertz CT molecular complexity index is 980. The summed E-state index contributed by atoms with van der Waals surface area (Å²) in [5, 5.41) is 22.9. The van der Waals surface area contributed by atoms with E-state index in [9.17, 15) is 10.4 Å². The Labute approximate surface area is 151 Å². The Morgan fingerprint density at radius 2 is 2.08 bits per heavy atom. The number of aromatic nitrogens is 1. The van der Waals surface area contributed by atoms with E-state index in [1.807, 2.05) is 37.3 Å². The van der Waals surface area contributed by atoms with Crippen molar-refractivity contribution in [2.75, 3.05) is 19.0 Å². The third-order valence-corrected chi connectivity index (χ3v) is 3.95. The molecule has 0 unspecified atom stereocenters. The molecule has 1 heterocycles. The number of anilines is 2. The van der Waals surface area contributed by atoms with Crippen molar-refractivity contribution in [1.82, 2.24) is 4.98 Å². The molecule has 6 nitrogen and oxygen atoms in total. The molecule has 0 fully saturated rings. The summed E-state index contributed by atoms with van der Waals surface area (Å²) in [5.41, 5.74) is 3.29. The molecule has 0 spiro atoms. The summed E-state index contributed by atoms with van der Waals surface area (Å²) < 4.78 is 11.0. The van der Waals surface area contributed by atoms with Gasteiger partial charge in [-0.05, 0) is 30.7 Å². The zero-order chi connectivity index (χ0) is 18.5. The number of methoxy groups -OCH3 is 1. The van der Waals surface area contributed by atoms with Gasteiger partial charge in [0.15, 0.2) is 11.5 Å². The summed E-state index contributed by atoms with van der Waals surface area (Å²) in [6, 6.07) is 13.2. The van der Waals surface area contributed by atoms with Crippen LogP contribution in [-0.4, -0.2) is 23.8 Å². The number of nitrogens with zero attached hydrogens (tertiary/aromatic N) is 2. The molecule has 0 amide bonds. The molecular weight excluding hydrogens is 330 g/mol. The second-order valence-electron chi connectivity index (χ2n) is 5.60. The number of aliphatic hydroxyl groups is 1. The van der Waals surface area contributed by atoms with E-state index < -0.39 is 0 Å². The molecule has 0 aliphatic rings. The third-order valence-electron chi connectivity index (χ3n) is 3.95. The minimum atomic E-state index is -0.0522. The molecule has 2 N–H and O–H groups in total. The minimum Gasteiger partial charge on any atom is -0.493 e. The van der Waals surface area contributed by atoms with Crippen molar-refractivity contribution in [2.24, 2.45) is 0 Å². The number of ether oxygens (including phenoxy) is 2. The normalized spacial score (nSPS) is 10.4. The average Bonchev–Trinajstić information content (AvgIpc) is 2.68. The number of rotatable bonds is 6. The van der Waals surface area contributed by atoms with Crippen LogP contribution in [0.1, 0.15) is 18.1 Å². The quantitative estimate of drug-likeness (QED) is 0.705. The third kappa shape index (κ3) is 3.39. The van der Waals surface area contributed by atoms with Crippen LogP contribution < -0.4 is 14.8 Å². The van der Waals surface area contributed by atoms with Crippen LogP contribution >= 0.6 is 0 Å². The molecule has 3 aromatic rings. The first-order chi connectivity index (χ1) is 12.7. The van der Waals surface area contributed by atoms with Crippen molar-refractivity contribution in [3.8, 4) is 17.6 Å². The van der Waals surface area contributed by atoms with Gasteiger partial charge in [0.25, 0.3) is 0 Å². The lowest BCUT2D eigenvalue weighted by atomic mass is 10.1. The Morgan fingerprint density at radius 1 is 1.23 bits per heavy atom. The molecule has 0 radical (unpaired) electrons. The Kier molecular flexibility index (Phi) is 5.20. The molecule has 6 heteroatoms. The number of aliphatic hydroxyl groups excluding tert-OH is 1. The first-order valence-electron chi connectivity index (χ1n) is 8.20. The van der Waals surface area contributed by atoms with Crippen LogP contribution in [0, 0.1) is 11.3 Å². The first kappa shape index (κ1) is 17.5. The number of hydrogen-bond acceptors (Lipinski definition) is 6. The maximum absolute atomic E-state index is 9.50. The number of hydrogen-bond donors (Lipinski definition) is 2. The van der Waals surface area contributed by atoms with Crippen molar-refractivity contribution in [1.29, 1.82) is 5.26 Å². The average molecular weight is 349 g/mol. The van der Waals surface area contributed by atoms with Gasteiger partial charge in [-0.15, -0.1) is 0 Å². The zero-order valence-electron chi connectivity index (χ0n) is 14.6. The second kappa shape index (κ2) is 7.72. The number of pyridine rings is 1. The van der Waals surface area contributed by atoms with Gasteiger partial charge >= 0.3 is 0 Å². The van der Waals surface area contributed by atoms with E-state index in [4.69, 9.17) is 9.47 Å². The van der Waals surface area contributed by atoms with Crippen LogP contribution in [0.25, 0.3) is 10.9 Å². The van der Waals surface area contributed by atoms with Gasteiger partial charge in [0.2, 0.25) is 0 Å². The van der Waals surface area contributed by atoms with Gasteiger partial charge in [-0.2, -0.15) is 5.26 Å². The van der Waals surface area contributed by atoms with Crippen molar-refractivity contribution >= 4 is 22.3 Å². The molecular formula is C20H19N3O3. The van der Waals surface area contributed by atoms with Gasteiger partial charge in [0, 0.05) is 23.3 Å². The van der Waals surface area contributed by atoms with Crippen LogP contribution in [0.2, 0.25) is 0 Å². The Hall–Kier alpha value is -3.30. The lowest BCUT2D eigenvalue weighted by molar-refractivity contribution is 0.282. The van der Waals surface area contributed by atoms with Crippen LogP contribution in [0.3, 0.4) is 0 Å². The summed E-state index contributed by atoms with van der Waals surface area (Å²) in [4.78, 5) is 4.36. The monoisotopic (exact) mass is 349 g/mol. The summed E-state index contributed by atoms with van der Waals surface area (Å²) in [5.74, 6) is 1.18. The Morgan fingerprint density at radius 3 is 2.77 bits per heavy atom. The first-order valence-corrected chi connectivity index (χ1v) is 8.20. The van der Waals surface area contributed by atoms with Gasteiger partial charge in [-0.1, -0.05) is 12.1 Å². The van der Waals surface area contributed by atoms with E-state index in [0.717, 1.165) is 16.6 Å². The van der Waals surface area contributed by atoms with Crippen LogP contribution in [0.15, 0.2) is 42.6 Å². The van der Waals surface area contributed by atoms with Gasteiger partial charge in [-0.3, -0.25) is 4.98 Å². The van der Waals surface area contributed by atoms with Crippen molar-refractivity contribution in [2.45, 2.75) is 13.5 Å². The van der Waals surface area contributed by atoms with E-state index in [2.05, 4.69) is 16.4 Å². The van der Waals surface area contributed by atoms with Gasteiger partial charge in [0.1, 0.15) is 6.07 Å². The van der Waals surface area contributed by atoms with Crippen LogP contribution in [0.4, 0.5) is 11.4 Å². The molecule has 0 atom stereocenters. The van der Waals surface area contributed by atoms with E-state index in [0.29, 0.717) is 34.9 Å². The summed E-state index contributed by atoms with van der Waals surface area (Å²) in [6.07, 6.45) is 1.53. The highest BCUT2D eigenvalue weighted by Gasteiger charge is 2.14. The second-order valence-corrected chi connectivity index (χ2v) is 5.60. The Balaban J connectivity index is 2.17.